The lowest BCUT2D eigenvalue weighted by atomic mass is 9.99. The topological polar surface area (TPSA) is 82.9 Å². The highest BCUT2D eigenvalue weighted by molar-refractivity contribution is 7.99. The van der Waals surface area contributed by atoms with Crippen LogP contribution in [0.4, 0.5) is 9.18 Å². The molecular weight excluding hydrogens is 385 g/mol. The Bertz CT molecular complexity index is 935. The number of imide groups is 1. The molecule has 0 radical (unpaired) electrons. The summed E-state index contributed by atoms with van der Waals surface area (Å²) in [5.74, 6) is -0.419. The fourth-order valence-corrected chi connectivity index (χ4v) is 4.75. The van der Waals surface area contributed by atoms with Gasteiger partial charge in [0.15, 0.2) is 5.54 Å². The molecule has 0 bridgehead atoms. The molecule has 1 aromatic heterocycles. The van der Waals surface area contributed by atoms with Gasteiger partial charge in [-0.1, -0.05) is 18.2 Å². The minimum Gasteiger partial charge on any atom is -0.466 e. The van der Waals surface area contributed by atoms with Gasteiger partial charge in [-0.05, 0) is 25.1 Å². The molecule has 0 unspecified atom stereocenters. The van der Waals surface area contributed by atoms with Crippen molar-refractivity contribution in [1.82, 2.24) is 15.1 Å². The Labute approximate surface area is 164 Å². The molecule has 9 heteroatoms. The number of carbonyl (C=O) groups excluding carboxylic acids is 3. The molecule has 2 saturated heterocycles. The predicted octanol–water partition coefficient (Wildman–Crippen LogP) is 2.46. The van der Waals surface area contributed by atoms with Gasteiger partial charge in [0, 0.05) is 17.9 Å². The molecule has 0 aliphatic carbocycles. The van der Waals surface area contributed by atoms with Crippen LogP contribution in [0.25, 0.3) is 0 Å². The Balaban J connectivity index is 1.53. The molecular formula is C19H18FN3O4S. The summed E-state index contributed by atoms with van der Waals surface area (Å²) in [6.07, 6.45) is 1.41. The average molecular weight is 403 g/mol. The second kappa shape index (κ2) is 6.97. The molecule has 2 aromatic rings. The highest BCUT2D eigenvalue weighted by Crippen LogP contribution is 2.39. The Morgan fingerprint density at radius 2 is 2.11 bits per heavy atom. The average Bonchev–Trinajstić information content (AvgIpc) is 3.40. The lowest BCUT2D eigenvalue weighted by Crippen LogP contribution is -2.44. The summed E-state index contributed by atoms with van der Waals surface area (Å²) in [5, 5.41) is 2.11. The fraction of sp³-hybridized carbons (Fsp3) is 0.316. The Morgan fingerprint density at radius 3 is 2.82 bits per heavy atom. The second-order valence-corrected chi connectivity index (χ2v) is 7.94. The van der Waals surface area contributed by atoms with E-state index in [1.807, 2.05) is 0 Å². The van der Waals surface area contributed by atoms with Crippen molar-refractivity contribution in [1.29, 1.82) is 0 Å². The molecule has 1 aromatic carbocycles. The summed E-state index contributed by atoms with van der Waals surface area (Å²) in [6.45, 7) is 1.54. The molecule has 28 heavy (non-hydrogen) atoms. The Morgan fingerprint density at radius 1 is 1.32 bits per heavy atom. The molecule has 2 aliphatic heterocycles. The van der Waals surface area contributed by atoms with Crippen LogP contribution in [0.1, 0.15) is 23.6 Å². The standard InChI is InChI=1S/C19H18FN3O4S/c1-19(14-7-4-9-27-14)17(25)23(18(26)21-19)11-15(24)22-8-10-28-16(22)12-5-2-3-6-13(12)20/h2-7,9,16H,8,10-11H2,1H3,(H,21,26)/t16-,19-/m1/s1. The normalized spacial score (nSPS) is 24.7. The zero-order valence-corrected chi connectivity index (χ0v) is 15.9. The van der Waals surface area contributed by atoms with Crippen LogP contribution in [0.3, 0.4) is 0 Å². The summed E-state index contributed by atoms with van der Waals surface area (Å²) in [4.78, 5) is 40.5. The first-order chi connectivity index (χ1) is 13.4. The zero-order valence-electron chi connectivity index (χ0n) is 15.1. The first-order valence-corrected chi connectivity index (χ1v) is 9.80. The number of nitrogens with one attached hydrogen (secondary N) is 1. The van der Waals surface area contributed by atoms with Crippen LogP contribution < -0.4 is 5.32 Å². The SMILES string of the molecule is C[C@]1(c2ccco2)NC(=O)N(CC(=O)N2CCS[C@@H]2c2ccccc2F)C1=O. The smallest absolute Gasteiger partial charge is 0.325 e. The molecule has 7 nitrogen and oxygen atoms in total. The number of rotatable bonds is 4. The van der Waals surface area contributed by atoms with Gasteiger partial charge in [-0.25, -0.2) is 9.18 Å². The highest BCUT2D eigenvalue weighted by atomic mass is 32.2. The van der Waals surface area contributed by atoms with Crippen LogP contribution >= 0.6 is 11.8 Å². The first-order valence-electron chi connectivity index (χ1n) is 8.75. The third-order valence-electron chi connectivity index (χ3n) is 4.96. The van der Waals surface area contributed by atoms with E-state index in [4.69, 9.17) is 4.42 Å². The van der Waals surface area contributed by atoms with E-state index in [1.165, 1.54) is 35.9 Å². The number of urea groups is 1. The van der Waals surface area contributed by atoms with Gasteiger partial charge in [0.25, 0.3) is 5.91 Å². The largest absolute Gasteiger partial charge is 0.466 e. The van der Waals surface area contributed by atoms with Crippen molar-refractivity contribution >= 4 is 29.6 Å². The van der Waals surface area contributed by atoms with Crippen LogP contribution in [0.2, 0.25) is 0 Å². The number of hydrogen-bond donors (Lipinski definition) is 1. The summed E-state index contributed by atoms with van der Waals surface area (Å²) in [5.41, 5.74) is -0.943. The monoisotopic (exact) mass is 403 g/mol. The maximum Gasteiger partial charge on any atom is 0.325 e. The van der Waals surface area contributed by atoms with E-state index in [0.717, 1.165) is 4.90 Å². The number of hydrogen-bond acceptors (Lipinski definition) is 5. The van der Waals surface area contributed by atoms with E-state index in [0.29, 0.717) is 23.6 Å². The van der Waals surface area contributed by atoms with Gasteiger partial charge in [0.2, 0.25) is 5.91 Å². The summed E-state index contributed by atoms with van der Waals surface area (Å²) in [7, 11) is 0. The molecule has 146 valence electrons. The van der Waals surface area contributed by atoms with E-state index < -0.39 is 35.3 Å². The molecule has 2 atom stereocenters. The maximum absolute atomic E-state index is 14.2. The van der Waals surface area contributed by atoms with Crippen molar-refractivity contribution in [3.8, 4) is 0 Å². The molecule has 1 N–H and O–H groups in total. The number of amides is 4. The first kappa shape index (κ1) is 18.5. The third kappa shape index (κ3) is 2.95. The Kier molecular flexibility index (Phi) is 4.62. The number of furan rings is 1. The van der Waals surface area contributed by atoms with Crippen LogP contribution in [-0.4, -0.2) is 46.5 Å². The predicted molar refractivity (Wildman–Crippen MR) is 99.6 cm³/mol. The van der Waals surface area contributed by atoms with Crippen molar-refractivity contribution in [2.45, 2.75) is 17.8 Å². The summed E-state index contributed by atoms with van der Waals surface area (Å²) < 4.78 is 19.5. The van der Waals surface area contributed by atoms with E-state index in [2.05, 4.69) is 5.32 Å². The number of benzene rings is 1. The van der Waals surface area contributed by atoms with Gasteiger partial charge in [0.1, 0.15) is 23.5 Å². The molecule has 0 saturated carbocycles. The number of carbonyl (C=O) groups is 3. The van der Waals surface area contributed by atoms with Gasteiger partial charge in [0.05, 0.1) is 6.26 Å². The minimum absolute atomic E-state index is 0.293. The lowest BCUT2D eigenvalue weighted by Gasteiger charge is -2.26. The van der Waals surface area contributed by atoms with Gasteiger partial charge in [-0.15, -0.1) is 11.8 Å². The van der Waals surface area contributed by atoms with E-state index in [9.17, 15) is 18.8 Å². The van der Waals surface area contributed by atoms with Crippen molar-refractivity contribution in [3.05, 3.63) is 59.8 Å². The number of nitrogens with zero attached hydrogens (tertiary/aromatic N) is 2. The molecule has 2 fully saturated rings. The maximum atomic E-state index is 14.2. The fourth-order valence-electron chi connectivity index (χ4n) is 3.46. The second-order valence-electron chi connectivity index (χ2n) is 6.76. The number of thioether (sulfide) groups is 1. The summed E-state index contributed by atoms with van der Waals surface area (Å²) in [6, 6.07) is 8.85. The van der Waals surface area contributed by atoms with Gasteiger partial charge >= 0.3 is 6.03 Å². The van der Waals surface area contributed by atoms with E-state index in [1.54, 1.807) is 30.3 Å². The van der Waals surface area contributed by atoms with Gasteiger partial charge in [-0.2, -0.15) is 0 Å². The van der Waals surface area contributed by atoms with Crippen molar-refractivity contribution in [3.63, 3.8) is 0 Å². The van der Waals surface area contributed by atoms with Gasteiger partial charge in [-0.3, -0.25) is 14.5 Å². The minimum atomic E-state index is -1.36. The third-order valence-corrected chi connectivity index (χ3v) is 6.21. The van der Waals surface area contributed by atoms with Crippen LogP contribution in [0.15, 0.2) is 47.1 Å². The van der Waals surface area contributed by atoms with Crippen LogP contribution in [-0.2, 0) is 15.1 Å². The van der Waals surface area contributed by atoms with Crippen molar-refractivity contribution < 1.29 is 23.2 Å². The van der Waals surface area contributed by atoms with E-state index >= 15 is 0 Å². The Hall–Kier alpha value is -2.81. The van der Waals surface area contributed by atoms with Crippen LogP contribution in [0.5, 0.6) is 0 Å². The lowest BCUT2D eigenvalue weighted by molar-refractivity contribution is -0.139. The highest BCUT2D eigenvalue weighted by Gasteiger charge is 2.52. The molecule has 4 rings (SSSR count). The molecule has 0 spiro atoms. The van der Waals surface area contributed by atoms with Gasteiger partial charge < -0.3 is 14.6 Å². The van der Waals surface area contributed by atoms with Crippen molar-refractivity contribution in [2.75, 3.05) is 18.8 Å². The zero-order chi connectivity index (χ0) is 19.9. The quantitative estimate of drug-likeness (QED) is 0.793. The molecule has 2 aliphatic rings. The molecule has 4 amide bonds. The molecule has 3 heterocycles. The van der Waals surface area contributed by atoms with E-state index in [-0.39, 0.29) is 5.82 Å². The van der Waals surface area contributed by atoms with Crippen LogP contribution in [0, 0.1) is 5.82 Å². The summed E-state index contributed by atoms with van der Waals surface area (Å²) >= 11 is 1.45. The van der Waals surface area contributed by atoms with Crippen molar-refractivity contribution in [2.24, 2.45) is 0 Å². The number of halogens is 1.